The van der Waals surface area contributed by atoms with Gasteiger partial charge in [-0.05, 0) is 12.8 Å². The molecule has 0 aromatic rings. The van der Waals surface area contributed by atoms with Crippen LogP contribution in [0.3, 0.4) is 0 Å². The van der Waals surface area contributed by atoms with Crippen molar-refractivity contribution in [3.63, 3.8) is 0 Å². The van der Waals surface area contributed by atoms with Gasteiger partial charge >= 0.3 is 11.9 Å². The van der Waals surface area contributed by atoms with Gasteiger partial charge in [0, 0.05) is 12.2 Å². The highest BCUT2D eigenvalue weighted by molar-refractivity contribution is 6.12. The van der Waals surface area contributed by atoms with Crippen LogP contribution in [0.25, 0.3) is 0 Å². The largest absolute Gasteiger partial charge is 0.477 e. The van der Waals surface area contributed by atoms with Gasteiger partial charge in [-0.2, -0.15) is 0 Å². The summed E-state index contributed by atoms with van der Waals surface area (Å²) in [7, 11) is 0. The van der Waals surface area contributed by atoms with E-state index in [-0.39, 0.29) is 6.04 Å². The smallest absolute Gasteiger partial charge is 0.344 e. The third-order valence-electron chi connectivity index (χ3n) is 2.53. The number of hydrogen-bond donors (Lipinski definition) is 3. The van der Waals surface area contributed by atoms with E-state index in [0.29, 0.717) is 0 Å². The number of hydrogen-bond acceptors (Lipinski definition) is 3. The lowest BCUT2D eigenvalue weighted by Crippen LogP contribution is -2.28. The van der Waals surface area contributed by atoms with Crippen molar-refractivity contribution in [1.82, 2.24) is 5.32 Å². The number of carboxylic acids is 2. The molecule has 84 valence electrons. The van der Waals surface area contributed by atoms with Crippen molar-refractivity contribution < 1.29 is 19.8 Å². The summed E-state index contributed by atoms with van der Waals surface area (Å²) in [6.07, 6.45) is 6.47. The molecular weight excluding hydrogens is 198 g/mol. The molecule has 0 amide bonds. The fourth-order valence-electron chi connectivity index (χ4n) is 1.69. The van der Waals surface area contributed by atoms with Crippen LogP contribution in [-0.2, 0) is 9.59 Å². The zero-order valence-corrected chi connectivity index (χ0v) is 8.40. The summed E-state index contributed by atoms with van der Waals surface area (Å²) in [5, 5.41) is 20.0. The van der Waals surface area contributed by atoms with Gasteiger partial charge in [-0.15, -0.1) is 0 Å². The predicted molar refractivity (Wildman–Crippen MR) is 53.4 cm³/mol. The molecule has 15 heavy (non-hydrogen) atoms. The van der Waals surface area contributed by atoms with E-state index in [1.807, 2.05) is 0 Å². The van der Waals surface area contributed by atoms with Crippen molar-refractivity contribution in [1.29, 1.82) is 0 Å². The number of nitrogens with one attached hydrogen (secondary N) is 1. The molecule has 3 N–H and O–H groups in total. The SMILES string of the molecule is O=C(O)C(=CNC1CCCCC1)C(=O)O. The summed E-state index contributed by atoms with van der Waals surface area (Å²) >= 11 is 0. The number of aliphatic carboxylic acids is 2. The summed E-state index contributed by atoms with van der Waals surface area (Å²) in [5.74, 6) is -2.82. The van der Waals surface area contributed by atoms with Crippen LogP contribution in [-0.4, -0.2) is 28.2 Å². The van der Waals surface area contributed by atoms with Crippen molar-refractivity contribution in [3.05, 3.63) is 11.8 Å². The molecule has 1 fully saturated rings. The first-order valence-corrected chi connectivity index (χ1v) is 5.04. The molecule has 0 spiro atoms. The molecular formula is C10H15NO4. The Kier molecular flexibility index (Phi) is 4.15. The van der Waals surface area contributed by atoms with Crippen LogP contribution in [0.15, 0.2) is 11.8 Å². The lowest BCUT2D eigenvalue weighted by molar-refractivity contribution is -0.140. The quantitative estimate of drug-likeness (QED) is 0.368. The highest BCUT2D eigenvalue weighted by Gasteiger charge is 2.17. The molecule has 5 nitrogen and oxygen atoms in total. The lowest BCUT2D eigenvalue weighted by atomic mass is 9.96. The van der Waals surface area contributed by atoms with E-state index in [2.05, 4.69) is 5.32 Å². The van der Waals surface area contributed by atoms with Crippen molar-refractivity contribution in [3.8, 4) is 0 Å². The average molecular weight is 213 g/mol. The van der Waals surface area contributed by atoms with Gasteiger partial charge in [-0.1, -0.05) is 19.3 Å². The molecule has 1 aliphatic carbocycles. The molecule has 0 radical (unpaired) electrons. The second kappa shape index (κ2) is 5.38. The summed E-state index contributed by atoms with van der Waals surface area (Å²) in [5.41, 5.74) is -0.611. The van der Waals surface area contributed by atoms with Gasteiger partial charge in [0.1, 0.15) is 0 Å². The maximum atomic E-state index is 10.5. The monoisotopic (exact) mass is 213 g/mol. The highest BCUT2D eigenvalue weighted by Crippen LogP contribution is 2.17. The Hall–Kier alpha value is -1.52. The zero-order valence-electron chi connectivity index (χ0n) is 8.40. The van der Waals surface area contributed by atoms with Crippen molar-refractivity contribution in [2.75, 3.05) is 0 Å². The van der Waals surface area contributed by atoms with E-state index in [0.717, 1.165) is 31.9 Å². The van der Waals surface area contributed by atoms with E-state index < -0.39 is 17.5 Å². The molecule has 1 saturated carbocycles. The first-order valence-electron chi connectivity index (χ1n) is 5.04. The predicted octanol–water partition coefficient (Wildman–Crippen LogP) is 0.962. The topological polar surface area (TPSA) is 86.6 Å². The fraction of sp³-hybridized carbons (Fsp3) is 0.600. The Bertz CT molecular complexity index is 263. The highest BCUT2D eigenvalue weighted by atomic mass is 16.4. The molecule has 0 unspecified atom stereocenters. The molecule has 0 atom stereocenters. The summed E-state index contributed by atoms with van der Waals surface area (Å²) in [6, 6.07) is 0.215. The zero-order chi connectivity index (χ0) is 11.3. The lowest BCUT2D eigenvalue weighted by Gasteiger charge is -2.21. The Morgan fingerprint density at radius 3 is 2.07 bits per heavy atom. The standard InChI is InChI=1S/C10H15NO4/c12-9(13)8(10(14)15)6-11-7-4-2-1-3-5-7/h6-7,11H,1-5H2,(H,12,13)(H,14,15). The third-order valence-corrected chi connectivity index (χ3v) is 2.53. The number of rotatable bonds is 4. The normalized spacial score (nSPS) is 16.8. The molecule has 1 aliphatic rings. The van der Waals surface area contributed by atoms with Crippen LogP contribution in [0.2, 0.25) is 0 Å². The Balaban J connectivity index is 2.52. The van der Waals surface area contributed by atoms with Crippen LogP contribution in [0.1, 0.15) is 32.1 Å². The number of carboxylic acid groups (broad SMARTS) is 2. The Labute approximate surface area is 87.8 Å². The van der Waals surface area contributed by atoms with Crippen LogP contribution in [0, 0.1) is 0 Å². The van der Waals surface area contributed by atoms with Gasteiger partial charge < -0.3 is 15.5 Å². The summed E-state index contributed by atoms with van der Waals surface area (Å²) < 4.78 is 0. The minimum Gasteiger partial charge on any atom is -0.477 e. The Morgan fingerprint density at radius 1 is 1.07 bits per heavy atom. The minimum atomic E-state index is -1.41. The van der Waals surface area contributed by atoms with E-state index in [4.69, 9.17) is 10.2 Å². The molecule has 0 saturated heterocycles. The number of carbonyl (C=O) groups is 2. The van der Waals surface area contributed by atoms with E-state index >= 15 is 0 Å². The summed E-state index contributed by atoms with van der Waals surface area (Å²) in [6.45, 7) is 0. The van der Waals surface area contributed by atoms with Gasteiger partial charge in [0.25, 0.3) is 0 Å². The Morgan fingerprint density at radius 2 is 1.60 bits per heavy atom. The first-order chi connectivity index (χ1) is 7.11. The first kappa shape index (κ1) is 11.6. The van der Waals surface area contributed by atoms with Gasteiger partial charge in [0.15, 0.2) is 5.57 Å². The van der Waals surface area contributed by atoms with Crippen molar-refractivity contribution in [2.24, 2.45) is 0 Å². The van der Waals surface area contributed by atoms with Crippen LogP contribution < -0.4 is 5.32 Å². The maximum absolute atomic E-state index is 10.5. The minimum absolute atomic E-state index is 0.215. The van der Waals surface area contributed by atoms with E-state index in [1.165, 1.54) is 6.42 Å². The van der Waals surface area contributed by atoms with Crippen molar-refractivity contribution in [2.45, 2.75) is 38.1 Å². The van der Waals surface area contributed by atoms with E-state index in [9.17, 15) is 9.59 Å². The van der Waals surface area contributed by atoms with E-state index in [1.54, 1.807) is 0 Å². The molecule has 0 aromatic carbocycles. The molecule has 0 aromatic heterocycles. The van der Waals surface area contributed by atoms with Gasteiger partial charge in [-0.3, -0.25) is 0 Å². The second-order valence-corrected chi connectivity index (χ2v) is 3.67. The fourth-order valence-corrected chi connectivity index (χ4v) is 1.69. The third kappa shape index (κ3) is 3.61. The van der Waals surface area contributed by atoms with Crippen LogP contribution >= 0.6 is 0 Å². The summed E-state index contributed by atoms with van der Waals surface area (Å²) in [4.78, 5) is 21.0. The molecule has 0 bridgehead atoms. The van der Waals surface area contributed by atoms with Gasteiger partial charge in [0.05, 0.1) is 0 Å². The van der Waals surface area contributed by atoms with Crippen LogP contribution in [0.5, 0.6) is 0 Å². The van der Waals surface area contributed by atoms with Crippen LogP contribution in [0.4, 0.5) is 0 Å². The van der Waals surface area contributed by atoms with Gasteiger partial charge in [0.2, 0.25) is 0 Å². The molecule has 0 heterocycles. The maximum Gasteiger partial charge on any atom is 0.344 e. The van der Waals surface area contributed by atoms with Crippen molar-refractivity contribution >= 4 is 11.9 Å². The van der Waals surface area contributed by atoms with Gasteiger partial charge in [-0.25, -0.2) is 9.59 Å². The second-order valence-electron chi connectivity index (χ2n) is 3.67. The molecule has 0 aliphatic heterocycles. The average Bonchev–Trinajstić information content (AvgIpc) is 2.18. The molecule has 1 rings (SSSR count). The molecule has 5 heteroatoms.